The van der Waals surface area contributed by atoms with E-state index in [-0.39, 0.29) is 23.7 Å². The van der Waals surface area contributed by atoms with Crippen molar-refractivity contribution >= 4 is 21.6 Å². The molecule has 0 aliphatic rings. The van der Waals surface area contributed by atoms with Crippen LogP contribution in [-0.2, 0) is 14.8 Å². The average molecular weight is 388 g/mol. The third kappa shape index (κ3) is 5.64. The number of benzene rings is 1. The number of nitro groups is 1. The lowest BCUT2D eigenvalue weighted by Crippen LogP contribution is -2.33. The minimum absolute atomic E-state index is 0.169. The summed E-state index contributed by atoms with van der Waals surface area (Å²) in [5, 5.41) is 16.7. The molecule has 0 unspecified atom stereocenters. The summed E-state index contributed by atoms with van der Waals surface area (Å²) < 4.78 is 31.4. The molecule has 0 radical (unpaired) electrons. The smallest absolute Gasteiger partial charge is 0.312 e. The zero-order valence-electron chi connectivity index (χ0n) is 15.0. The number of hydrogen-bond acceptors (Lipinski definition) is 7. The summed E-state index contributed by atoms with van der Waals surface area (Å²) in [5.74, 6) is -0.605. The molecule has 1 aromatic carbocycles. The predicted octanol–water partition coefficient (Wildman–Crippen LogP) is 0.340. The van der Waals surface area contributed by atoms with E-state index in [1.165, 1.54) is 16.4 Å². The van der Waals surface area contributed by atoms with Gasteiger partial charge in [0.2, 0.25) is 10.0 Å². The maximum Gasteiger partial charge on any atom is 0.312 e. The summed E-state index contributed by atoms with van der Waals surface area (Å²) in [6, 6.07) is 3.37. The van der Waals surface area contributed by atoms with Crippen LogP contribution in [-0.4, -0.2) is 63.4 Å². The molecule has 1 aromatic rings. The summed E-state index contributed by atoms with van der Waals surface area (Å²) in [5.41, 5.74) is -0.513. The summed E-state index contributed by atoms with van der Waals surface area (Å²) in [6.45, 7) is 4.41. The molecule has 146 valence electrons. The van der Waals surface area contributed by atoms with E-state index in [2.05, 4.69) is 10.6 Å². The maximum atomic E-state index is 12.5. The van der Waals surface area contributed by atoms with E-state index < -0.39 is 33.1 Å². The fraction of sp³-hybridized carbons (Fsp3) is 0.533. The summed E-state index contributed by atoms with van der Waals surface area (Å²) in [4.78, 5) is 22.0. The number of sulfonamides is 1. The van der Waals surface area contributed by atoms with Gasteiger partial charge in [0.05, 0.1) is 9.82 Å². The molecular formula is C15H24N4O6S. The highest BCUT2D eigenvalue weighted by molar-refractivity contribution is 7.89. The predicted molar refractivity (Wildman–Crippen MR) is 95.6 cm³/mol. The topological polar surface area (TPSA) is 131 Å². The highest BCUT2D eigenvalue weighted by atomic mass is 32.2. The Hall–Kier alpha value is -2.24. The number of nitro benzene ring substituents is 1. The number of nitrogens with one attached hydrogen (secondary N) is 2. The normalized spacial score (nSPS) is 11.4. The van der Waals surface area contributed by atoms with E-state index >= 15 is 0 Å². The van der Waals surface area contributed by atoms with Crippen molar-refractivity contribution in [1.82, 2.24) is 14.9 Å². The van der Waals surface area contributed by atoms with E-state index in [1.807, 2.05) is 0 Å². The van der Waals surface area contributed by atoms with Crippen LogP contribution in [0.15, 0.2) is 23.1 Å². The van der Waals surface area contributed by atoms with Crippen molar-refractivity contribution in [2.24, 2.45) is 0 Å². The van der Waals surface area contributed by atoms with Crippen LogP contribution in [0.3, 0.4) is 0 Å². The Morgan fingerprint density at radius 3 is 2.46 bits per heavy atom. The van der Waals surface area contributed by atoms with E-state index in [0.29, 0.717) is 13.1 Å². The SMILES string of the molecule is CCN(CC)S(=O)(=O)c1ccc(OCC(=O)NCCNC)c([N+](=O)[O-])c1. The first-order valence-electron chi connectivity index (χ1n) is 8.10. The van der Waals surface area contributed by atoms with Gasteiger partial charge in [-0.3, -0.25) is 14.9 Å². The van der Waals surface area contributed by atoms with Crippen LogP contribution in [0.2, 0.25) is 0 Å². The largest absolute Gasteiger partial charge is 0.477 e. The van der Waals surface area contributed by atoms with Crippen LogP contribution < -0.4 is 15.4 Å². The summed E-state index contributed by atoms with van der Waals surface area (Å²) in [6.07, 6.45) is 0. The Kier molecular flexibility index (Phi) is 8.42. The molecule has 0 aliphatic heterocycles. The molecule has 0 saturated carbocycles. The third-order valence-corrected chi connectivity index (χ3v) is 5.57. The van der Waals surface area contributed by atoms with Crippen molar-refractivity contribution in [3.63, 3.8) is 0 Å². The fourth-order valence-electron chi connectivity index (χ4n) is 2.16. The molecule has 0 aliphatic carbocycles. The molecule has 0 bridgehead atoms. The van der Waals surface area contributed by atoms with Gasteiger partial charge in [0.1, 0.15) is 0 Å². The summed E-state index contributed by atoms with van der Waals surface area (Å²) in [7, 11) is -2.10. The highest BCUT2D eigenvalue weighted by Crippen LogP contribution is 2.30. The lowest BCUT2D eigenvalue weighted by Gasteiger charge is -2.18. The van der Waals surface area contributed by atoms with E-state index in [0.717, 1.165) is 6.07 Å². The first-order chi connectivity index (χ1) is 12.3. The van der Waals surface area contributed by atoms with Crippen molar-refractivity contribution < 1.29 is 22.9 Å². The first kappa shape index (κ1) is 21.8. The minimum atomic E-state index is -3.83. The Balaban J connectivity index is 3.00. The molecule has 1 amide bonds. The Labute approximate surface area is 152 Å². The minimum Gasteiger partial charge on any atom is -0.477 e. The zero-order chi connectivity index (χ0) is 19.7. The molecule has 10 nitrogen and oxygen atoms in total. The lowest BCUT2D eigenvalue weighted by molar-refractivity contribution is -0.386. The van der Waals surface area contributed by atoms with Gasteiger partial charge in [0.25, 0.3) is 5.91 Å². The van der Waals surface area contributed by atoms with Crippen LogP contribution >= 0.6 is 0 Å². The number of amides is 1. The Bertz CT molecular complexity index is 734. The second-order valence-electron chi connectivity index (χ2n) is 5.22. The molecule has 11 heteroatoms. The first-order valence-corrected chi connectivity index (χ1v) is 9.54. The van der Waals surface area contributed by atoms with Crippen molar-refractivity contribution in [2.45, 2.75) is 18.7 Å². The van der Waals surface area contributed by atoms with Gasteiger partial charge in [-0.15, -0.1) is 0 Å². The fourth-order valence-corrected chi connectivity index (χ4v) is 3.63. The Morgan fingerprint density at radius 2 is 1.92 bits per heavy atom. The van der Waals surface area contributed by atoms with Gasteiger partial charge in [-0.2, -0.15) is 4.31 Å². The van der Waals surface area contributed by atoms with E-state index in [4.69, 9.17) is 4.74 Å². The second-order valence-corrected chi connectivity index (χ2v) is 7.16. The molecule has 0 fully saturated rings. The molecule has 0 aromatic heterocycles. The molecule has 0 heterocycles. The molecule has 26 heavy (non-hydrogen) atoms. The molecule has 0 spiro atoms. The molecule has 0 atom stereocenters. The van der Waals surface area contributed by atoms with Gasteiger partial charge in [0.15, 0.2) is 12.4 Å². The lowest BCUT2D eigenvalue weighted by atomic mass is 10.3. The van der Waals surface area contributed by atoms with Gasteiger partial charge in [-0.05, 0) is 19.2 Å². The monoisotopic (exact) mass is 388 g/mol. The zero-order valence-corrected chi connectivity index (χ0v) is 15.8. The van der Waals surface area contributed by atoms with Gasteiger partial charge in [0, 0.05) is 32.2 Å². The quantitative estimate of drug-likeness (QED) is 0.317. The number of likely N-dealkylation sites (N-methyl/N-ethyl adjacent to an activating group) is 1. The average Bonchev–Trinajstić information content (AvgIpc) is 2.60. The molecule has 0 saturated heterocycles. The van der Waals surface area contributed by atoms with Crippen LogP contribution in [0.25, 0.3) is 0 Å². The van der Waals surface area contributed by atoms with Crippen molar-refractivity contribution in [3.05, 3.63) is 28.3 Å². The standard InChI is InChI=1S/C15H24N4O6S/c1-4-18(5-2)26(23,24)12-6-7-14(13(10-12)19(21)22)25-11-15(20)17-9-8-16-3/h6-7,10,16H,4-5,8-9,11H2,1-3H3,(H,17,20). The maximum absolute atomic E-state index is 12.5. The number of nitrogens with zero attached hydrogens (tertiary/aromatic N) is 2. The second kappa shape index (κ2) is 10.0. The number of carbonyl (C=O) groups is 1. The number of hydrogen-bond donors (Lipinski definition) is 2. The molecular weight excluding hydrogens is 364 g/mol. The van der Waals surface area contributed by atoms with Crippen LogP contribution in [0.1, 0.15) is 13.8 Å². The van der Waals surface area contributed by atoms with Crippen LogP contribution in [0.4, 0.5) is 5.69 Å². The Morgan fingerprint density at radius 1 is 1.27 bits per heavy atom. The van der Waals surface area contributed by atoms with Gasteiger partial charge < -0.3 is 15.4 Å². The van der Waals surface area contributed by atoms with Crippen LogP contribution in [0, 0.1) is 10.1 Å². The van der Waals surface area contributed by atoms with Crippen LogP contribution in [0.5, 0.6) is 5.75 Å². The van der Waals surface area contributed by atoms with Gasteiger partial charge in [-0.25, -0.2) is 8.42 Å². The summed E-state index contributed by atoms with van der Waals surface area (Å²) >= 11 is 0. The third-order valence-electron chi connectivity index (χ3n) is 3.53. The van der Waals surface area contributed by atoms with Crippen molar-refractivity contribution in [2.75, 3.05) is 39.8 Å². The molecule has 2 N–H and O–H groups in total. The number of ether oxygens (including phenoxy) is 1. The highest BCUT2D eigenvalue weighted by Gasteiger charge is 2.26. The molecule has 1 rings (SSSR count). The van der Waals surface area contributed by atoms with Gasteiger partial charge >= 0.3 is 5.69 Å². The van der Waals surface area contributed by atoms with Gasteiger partial charge in [-0.1, -0.05) is 13.8 Å². The number of carbonyl (C=O) groups excluding carboxylic acids is 1. The number of rotatable bonds is 11. The van der Waals surface area contributed by atoms with E-state index in [1.54, 1.807) is 20.9 Å². The van der Waals surface area contributed by atoms with E-state index in [9.17, 15) is 23.3 Å². The van der Waals surface area contributed by atoms with Crippen molar-refractivity contribution in [3.8, 4) is 5.75 Å². The van der Waals surface area contributed by atoms with Crippen molar-refractivity contribution in [1.29, 1.82) is 0 Å².